The number of methoxy groups -OCH3 is 1. The molecule has 0 saturated heterocycles. The van der Waals surface area contributed by atoms with Crippen LogP contribution < -0.4 is 10.1 Å². The van der Waals surface area contributed by atoms with Crippen molar-refractivity contribution in [2.24, 2.45) is 0 Å². The molecule has 0 aliphatic heterocycles. The molecular weight excluding hydrogens is 301 g/mol. The van der Waals surface area contributed by atoms with E-state index in [1.165, 1.54) is 25.3 Å². The van der Waals surface area contributed by atoms with Gasteiger partial charge in [0, 0.05) is 5.56 Å². The van der Waals surface area contributed by atoms with Gasteiger partial charge in [0.1, 0.15) is 5.75 Å². The van der Waals surface area contributed by atoms with Crippen molar-refractivity contribution in [2.75, 3.05) is 12.4 Å². The minimum atomic E-state index is -0.432. The third-order valence-corrected chi connectivity index (χ3v) is 3.18. The molecule has 2 rings (SSSR count). The van der Waals surface area contributed by atoms with Gasteiger partial charge >= 0.3 is 0 Å². The van der Waals surface area contributed by atoms with E-state index in [0.29, 0.717) is 11.4 Å². The maximum Gasteiger partial charge on any atom is 0.255 e. The first-order valence-electron chi connectivity index (χ1n) is 5.65. The van der Waals surface area contributed by atoms with Crippen molar-refractivity contribution in [1.29, 1.82) is 0 Å². The van der Waals surface area contributed by atoms with Crippen LogP contribution in [0.5, 0.6) is 11.5 Å². The number of hydrogen-bond donors (Lipinski definition) is 2. The first-order chi connectivity index (χ1) is 9.52. The van der Waals surface area contributed by atoms with Crippen LogP contribution in [-0.4, -0.2) is 18.1 Å². The average Bonchev–Trinajstić information content (AvgIpc) is 2.41. The average molecular weight is 312 g/mol. The number of carbonyl (C=O) groups excluding carboxylic acids is 1. The van der Waals surface area contributed by atoms with E-state index >= 15 is 0 Å². The number of rotatable bonds is 3. The highest BCUT2D eigenvalue weighted by molar-refractivity contribution is 6.37. The fourth-order valence-corrected chi connectivity index (χ4v) is 2.30. The normalized spacial score (nSPS) is 10.2. The Morgan fingerprint density at radius 2 is 1.80 bits per heavy atom. The van der Waals surface area contributed by atoms with Crippen LogP contribution in [0.15, 0.2) is 36.4 Å². The standard InChI is InChI=1S/C14H11Cl2NO3/c1-20-13-9(15)6-8(7-10(13)16)14(19)17-11-4-2-3-5-12(11)18/h2-7,18H,1H3,(H,17,19). The number of carbonyl (C=O) groups is 1. The number of anilines is 1. The Kier molecular flexibility index (Phi) is 4.37. The number of para-hydroxylation sites is 2. The van der Waals surface area contributed by atoms with E-state index in [4.69, 9.17) is 27.9 Å². The van der Waals surface area contributed by atoms with Gasteiger partial charge in [0.2, 0.25) is 0 Å². The number of hydrogen-bond acceptors (Lipinski definition) is 3. The second kappa shape index (κ2) is 6.03. The first kappa shape index (κ1) is 14.5. The fraction of sp³-hybridized carbons (Fsp3) is 0.0714. The van der Waals surface area contributed by atoms with Crippen molar-refractivity contribution in [3.8, 4) is 11.5 Å². The highest BCUT2D eigenvalue weighted by Crippen LogP contribution is 2.34. The topological polar surface area (TPSA) is 58.6 Å². The molecule has 1 amide bonds. The monoisotopic (exact) mass is 311 g/mol. The van der Waals surface area contributed by atoms with Crippen molar-refractivity contribution >= 4 is 34.8 Å². The minimum absolute atomic E-state index is 0.0217. The zero-order valence-corrected chi connectivity index (χ0v) is 12.0. The van der Waals surface area contributed by atoms with Crippen LogP contribution in [0.4, 0.5) is 5.69 Å². The Balaban J connectivity index is 2.29. The van der Waals surface area contributed by atoms with Crippen LogP contribution in [0.2, 0.25) is 10.0 Å². The molecule has 2 aromatic rings. The van der Waals surface area contributed by atoms with Crippen molar-refractivity contribution in [3.05, 3.63) is 52.0 Å². The zero-order chi connectivity index (χ0) is 14.7. The second-order valence-electron chi connectivity index (χ2n) is 3.94. The van der Waals surface area contributed by atoms with Crippen molar-refractivity contribution in [3.63, 3.8) is 0 Å². The summed E-state index contributed by atoms with van der Waals surface area (Å²) in [5.41, 5.74) is 0.574. The first-order valence-corrected chi connectivity index (χ1v) is 6.41. The molecule has 0 unspecified atom stereocenters. The van der Waals surface area contributed by atoms with Gasteiger partial charge in [-0.2, -0.15) is 0 Å². The third kappa shape index (κ3) is 2.98. The quantitative estimate of drug-likeness (QED) is 0.843. The summed E-state index contributed by atoms with van der Waals surface area (Å²) >= 11 is 11.9. The molecule has 0 spiro atoms. The number of nitrogens with one attached hydrogen (secondary N) is 1. The highest BCUT2D eigenvalue weighted by atomic mass is 35.5. The molecule has 2 N–H and O–H groups in total. The summed E-state index contributed by atoms with van der Waals surface area (Å²) in [6.45, 7) is 0. The summed E-state index contributed by atoms with van der Waals surface area (Å²) in [5, 5.41) is 12.7. The molecule has 0 saturated carbocycles. The highest BCUT2D eigenvalue weighted by Gasteiger charge is 2.14. The molecule has 0 aliphatic carbocycles. The summed E-state index contributed by atoms with van der Waals surface area (Å²) < 4.78 is 5.01. The summed E-state index contributed by atoms with van der Waals surface area (Å²) in [5.74, 6) is -0.142. The molecule has 2 aromatic carbocycles. The van der Waals surface area contributed by atoms with Gasteiger partial charge in [0.25, 0.3) is 5.91 Å². The van der Waals surface area contributed by atoms with Crippen LogP contribution >= 0.6 is 23.2 Å². The minimum Gasteiger partial charge on any atom is -0.506 e. The molecule has 0 radical (unpaired) electrons. The molecule has 20 heavy (non-hydrogen) atoms. The molecule has 0 bridgehead atoms. The largest absolute Gasteiger partial charge is 0.506 e. The SMILES string of the molecule is COc1c(Cl)cc(C(=O)Nc2ccccc2O)cc1Cl. The van der Waals surface area contributed by atoms with Crippen LogP contribution in [0.3, 0.4) is 0 Å². The van der Waals surface area contributed by atoms with Crippen molar-refractivity contribution in [1.82, 2.24) is 0 Å². The van der Waals surface area contributed by atoms with E-state index in [1.807, 2.05) is 0 Å². The van der Waals surface area contributed by atoms with E-state index in [0.717, 1.165) is 0 Å². The van der Waals surface area contributed by atoms with E-state index in [2.05, 4.69) is 5.32 Å². The zero-order valence-electron chi connectivity index (χ0n) is 10.5. The maximum absolute atomic E-state index is 12.1. The number of aromatic hydroxyl groups is 1. The fourth-order valence-electron chi connectivity index (χ4n) is 1.66. The van der Waals surface area contributed by atoms with Gasteiger partial charge in [-0.3, -0.25) is 4.79 Å². The third-order valence-electron chi connectivity index (χ3n) is 2.62. The molecule has 0 heterocycles. The number of phenols is 1. The number of halogens is 2. The molecule has 0 atom stereocenters. The number of benzene rings is 2. The summed E-state index contributed by atoms with van der Waals surface area (Å²) in [7, 11) is 1.44. The van der Waals surface area contributed by atoms with Gasteiger partial charge in [-0.1, -0.05) is 35.3 Å². The van der Waals surface area contributed by atoms with Crippen LogP contribution in [0.25, 0.3) is 0 Å². The van der Waals surface area contributed by atoms with Gasteiger partial charge in [0.15, 0.2) is 5.75 Å². The predicted molar refractivity (Wildman–Crippen MR) is 79.1 cm³/mol. The van der Waals surface area contributed by atoms with Crippen molar-refractivity contribution in [2.45, 2.75) is 0 Å². The van der Waals surface area contributed by atoms with Crippen LogP contribution in [-0.2, 0) is 0 Å². The van der Waals surface area contributed by atoms with Crippen LogP contribution in [0, 0.1) is 0 Å². The number of ether oxygens (including phenoxy) is 1. The van der Waals surface area contributed by atoms with Crippen LogP contribution in [0.1, 0.15) is 10.4 Å². The number of phenolic OH excluding ortho intramolecular Hbond substituents is 1. The van der Waals surface area contributed by atoms with E-state index < -0.39 is 5.91 Å². The Hall–Kier alpha value is -1.91. The van der Waals surface area contributed by atoms with E-state index in [-0.39, 0.29) is 21.4 Å². The molecule has 4 nitrogen and oxygen atoms in total. The number of amides is 1. The van der Waals surface area contributed by atoms with Gasteiger partial charge in [-0.25, -0.2) is 0 Å². The molecular formula is C14H11Cl2NO3. The lowest BCUT2D eigenvalue weighted by atomic mass is 10.2. The molecule has 0 fully saturated rings. The van der Waals surface area contributed by atoms with E-state index in [9.17, 15) is 9.90 Å². The Labute approximate surface area is 125 Å². The summed E-state index contributed by atoms with van der Waals surface area (Å²) in [4.78, 5) is 12.1. The van der Waals surface area contributed by atoms with Gasteiger partial charge in [0.05, 0.1) is 22.8 Å². The Morgan fingerprint density at radius 3 is 2.35 bits per heavy atom. The Bertz CT molecular complexity index is 636. The molecule has 104 valence electrons. The van der Waals surface area contributed by atoms with E-state index in [1.54, 1.807) is 18.2 Å². The molecule has 0 aliphatic rings. The second-order valence-corrected chi connectivity index (χ2v) is 4.76. The molecule has 6 heteroatoms. The smallest absolute Gasteiger partial charge is 0.255 e. The lowest BCUT2D eigenvalue weighted by Crippen LogP contribution is -2.12. The summed E-state index contributed by atoms with van der Waals surface area (Å²) in [6.07, 6.45) is 0. The molecule has 0 aromatic heterocycles. The summed E-state index contributed by atoms with van der Waals surface area (Å²) in [6, 6.07) is 9.31. The lowest BCUT2D eigenvalue weighted by Gasteiger charge is -2.10. The van der Waals surface area contributed by atoms with Gasteiger partial charge in [-0.05, 0) is 24.3 Å². The Morgan fingerprint density at radius 1 is 1.20 bits per heavy atom. The van der Waals surface area contributed by atoms with Crippen molar-refractivity contribution < 1.29 is 14.6 Å². The van der Waals surface area contributed by atoms with Gasteiger partial charge < -0.3 is 15.2 Å². The lowest BCUT2D eigenvalue weighted by molar-refractivity contribution is 0.102. The maximum atomic E-state index is 12.1. The van der Waals surface area contributed by atoms with Gasteiger partial charge in [-0.15, -0.1) is 0 Å². The predicted octanol–water partition coefficient (Wildman–Crippen LogP) is 3.96.